The topological polar surface area (TPSA) is 46.6 Å². The van der Waals surface area contributed by atoms with E-state index in [4.69, 9.17) is 4.74 Å². The number of piperidine rings is 1. The first-order chi connectivity index (χ1) is 11.6. The van der Waals surface area contributed by atoms with Crippen molar-refractivity contribution in [2.45, 2.75) is 32.8 Å². The molecule has 1 atom stereocenters. The number of ether oxygens (including phenoxy) is 1. The number of nitrogens with zero attached hydrogens (tertiary/aromatic N) is 1. The summed E-state index contributed by atoms with van der Waals surface area (Å²) in [4.78, 5) is 26.8. The van der Waals surface area contributed by atoms with Gasteiger partial charge in [-0.2, -0.15) is 0 Å². The first-order valence-electron chi connectivity index (χ1n) is 8.54. The molecule has 1 fully saturated rings. The molecule has 1 saturated heterocycles. The van der Waals surface area contributed by atoms with Crippen molar-refractivity contribution in [3.63, 3.8) is 0 Å². The van der Waals surface area contributed by atoms with Crippen molar-refractivity contribution < 1.29 is 14.3 Å². The number of likely N-dealkylation sites (tertiary alicyclic amines) is 1. The van der Waals surface area contributed by atoms with Crippen LogP contribution in [0.5, 0.6) is 0 Å². The summed E-state index contributed by atoms with van der Waals surface area (Å²) in [5.41, 5.74) is 0.500. The third-order valence-electron chi connectivity index (χ3n) is 4.74. The van der Waals surface area contributed by atoms with Gasteiger partial charge in [0.1, 0.15) is 0 Å². The van der Waals surface area contributed by atoms with Gasteiger partial charge in [-0.1, -0.05) is 43.3 Å². The van der Waals surface area contributed by atoms with Crippen molar-refractivity contribution in [1.82, 2.24) is 4.90 Å². The van der Waals surface area contributed by atoms with Crippen molar-refractivity contribution in [1.29, 1.82) is 0 Å². The lowest BCUT2D eigenvalue weighted by molar-refractivity contribution is -0.141. The minimum Gasteiger partial charge on any atom is -0.449 e. The summed E-state index contributed by atoms with van der Waals surface area (Å²) < 4.78 is 5.46. The molecule has 2 aromatic rings. The summed E-state index contributed by atoms with van der Waals surface area (Å²) in [6, 6.07) is 13.2. The SMILES string of the molecule is CC1CCN(C(=O)[C@H](C)OC(=O)c2cccc3ccccc23)CC1. The van der Waals surface area contributed by atoms with Gasteiger partial charge in [-0.25, -0.2) is 4.79 Å². The Bertz CT molecular complexity index is 742. The number of esters is 1. The van der Waals surface area contributed by atoms with Crippen LogP contribution in [0.2, 0.25) is 0 Å². The second-order valence-corrected chi connectivity index (χ2v) is 6.58. The van der Waals surface area contributed by atoms with Crippen LogP contribution in [0.15, 0.2) is 42.5 Å². The molecule has 0 N–H and O–H groups in total. The highest BCUT2D eigenvalue weighted by Crippen LogP contribution is 2.21. The Hall–Kier alpha value is -2.36. The number of hydrogen-bond acceptors (Lipinski definition) is 3. The third-order valence-corrected chi connectivity index (χ3v) is 4.74. The lowest BCUT2D eigenvalue weighted by Gasteiger charge is -2.31. The van der Waals surface area contributed by atoms with Gasteiger partial charge in [-0.3, -0.25) is 4.79 Å². The highest BCUT2D eigenvalue weighted by Gasteiger charge is 2.27. The van der Waals surface area contributed by atoms with Crippen LogP contribution in [-0.2, 0) is 9.53 Å². The van der Waals surface area contributed by atoms with Crippen LogP contribution < -0.4 is 0 Å². The summed E-state index contributed by atoms with van der Waals surface area (Å²) in [5.74, 6) is 0.108. The van der Waals surface area contributed by atoms with E-state index in [2.05, 4.69) is 6.92 Å². The van der Waals surface area contributed by atoms with Gasteiger partial charge < -0.3 is 9.64 Å². The molecule has 4 heteroatoms. The first kappa shape index (κ1) is 16.5. The van der Waals surface area contributed by atoms with Crippen molar-refractivity contribution in [3.05, 3.63) is 48.0 Å². The number of carbonyl (C=O) groups excluding carboxylic acids is 2. The number of amides is 1. The zero-order valence-corrected chi connectivity index (χ0v) is 14.2. The second-order valence-electron chi connectivity index (χ2n) is 6.58. The highest BCUT2D eigenvalue weighted by atomic mass is 16.5. The zero-order valence-electron chi connectivity index (χ0n) is 14.2. The van der Waals surface area contributed by atoms with E-state index < -0.39 is 12.1 Å². The van der Waals surface area contributed by atoms with Crippen LogP contribution in [0.3, 0.4) is 0 Å². The summed E-state index contributed by atoms with van der Waals surface area (Å²) in [5, 5.41) is 1.83. The molecule has 4 nitrogen and oxygen atoms in total. The Labute approximate surface area is 142 Å². The minimum atomic E-state index is -0.759. The Kier molecular flexibility index (Phi) is 4.84. The molecule has 1 amide bonds. The van der Waals surface area contributed by atoms with Gasteiger partial charge in [-0.15, -0.1) is 0 Å². The van der Waals surface area contributed by atoms with Gasteiger partial charge in [0.2, 0.25) is 0 Å². The molecule has 1 heterocycles. The van der Waals surface area contributed by atoms with Crippen molar-refractivity contribution in [2.24, 2.45) is 5.92 Å². The Morgan fingerprint density at radius 3 is 2.50 bits per heavy atom. The maximum atomic E-state index is 12.5. The van der Waals surface area contributed by atoms with Crippen molar-refractivity contribution >= 4 is 22.6 Å². The summed E-state index contributed by atoms with van der Waals surface area (Å²) >= 11 is 0. The average Bonchev–Trinajstić information content (AvgIpc) is 2.61. The molecule has 0 bridgehead atoms. The fraction of sp³-hybridized carbons (Fsp3) is 0.400. The molecule has 126 valence electrons. The van der Waals surface area contributed by atoms with E-state index in [1.807, 2.05) is 36.4 Å². The Morgan fingerprint density at radius 2 is 1.75 bits per heavy atom. The normalized spacial score (nSPS) is 16.8. The number of benzene rings is 2. The van der Waals surface area contributed by atoms with E-state index in [9.17, 15) is 9.59 Å². The lowest BCUT2D eigenvalue weighted by atomic mass is 9.99. The van der Waals surface area contributed by atoms with Crippen LogP contribution in [0.4, 0.5) is 0 Å². The molecule has 1 aliphatic rings. The molecule has 2 aromatic carbocycles. The van der Waals surface area contributed by atoms with Gasteiger partial charge in [-0.05, 0) is 42.5 Å². The fourth-order valence-electron chi connectivity index (χ4n) is 3.16. The monoisotopic (exact) mass is 325 g/mol. The average molecular weight is 325 g/mol. The second kappa shape index (κ2) is 7.04. The van der Waals surface area contributed by atoms with E-state index in [1.165, 1.54) is 0 Å². The molecule has 0 spiro atoms. The highest BCUT2D eigenvalue weighted by molar-refractivity contribution is 6.05. The van der Waals surface area contributed by atoms with Crippen molar-refractivity contribution in [2.75, 3.05) is 13.1 Å². The van der Waals surface area contributed by atoms with Gasteiger partial charge in [0.05, 0.1) is 5.56 Å². The quantitative estimate of drug-likeness (QED) is 0.809. The minimum absolute atomic E-state index is 0.101. The van der Waals surface area contributed by atoms with E-state index in [0.717, 1.165) is 36.7 Å². The first-order valence-corrected chi connectivity index (χ1v) is 8.54. The van der Waals surface area contributed by atoms with Gasteiger partial charge >= 0.3 is 5.97 Å². The predicted octanol–water partition coefficient (Wildman–Crippen LogP) is 3.64. The molecule has 0 aromatic heterocycles. The number of carbonyl (C=O) groups is 2. The number of fused-ring (bicyclic) bond motifs is 1. The molecule has 0 unspecified atom stereocenters. The van der Waals surface area contributed by atoms with E-state index in [1.54, 1.807) is 17.9 Å². The maximum Gasteiger partial charge on any atom is 0.339 e. The Morgan fingerprint density at radius 1 is 1.08 bits per heavy atom. The molecule has 0 aliphatic carbocycles. The van der Waals surface area contributed by atoms with Crippen LogP contribution in [0.25, 0.3) is 10.8 Å². The third kappa shape index (κ3) is 3.42. The van der Waals surface area contributed by atoms with E-state index in [0.29, 0.717) is 11.5 Å². The summed E-state index contributed by atoms with van der Waals surface area (Å²) in [6.45, 7) is 5.35. The van der Waals surface area contributed by atoms with Crippen molar-refractivity contribution in [3.8, 4) is 0 Å². The number of hydrogen-bond donors (Lipinski definition) is 0. The van der Waals surface area contributed by atoms with Gasteiger partial charge in [0.15, 0.2) is 6.10 Å². The predicted molar refractivity (Wildman–Crippen MR) is 93.8 cm³/mol. The van der Waals surface area contributed by atoms with Crippen LogP contribution >= 0.6 is 0 Å². The van der Waals surface area contributed by atoms with Gasteiger partial charge in [0.25, 0.3) is 5.91 Å². The molecule has 3 rings (SSSR count). The molecule has 0 radical (unpaired) electrons. The number of rotatable bonds is 3. The van der Waals surface area contributed by atoms with Gasteiger partial charge in [0, 0.05) is 13.1 Å². The Balaban J connectivity index is 1.70. The standard InChI is InChI=1S/C20H23NO3/c1-14-10-12-21(13-11-14)19(22)15(2)24-20(23)18-9-5-7-16-6-3-4-8-17(16)18/h3-9,14-15H,10-13H2,1-2H3/t15-/m0/s1. The molecule has 0 saturated carbocycles. The molecular formula is C20H23NO3. The maximum absolute atomic E-state index is 12.5. The van der Waals surface area contributed by atoms with Crippen LogP contribution in [-0.4, -0.2) is 36.0 Å². The van der Waals surface area contributed by atoms with E-state index in [-0.39, 0.29) is 5.91 Å². The fourth-order valence-corrected chi connectivity index (χ4v) is 3.16. The summed E-state index contributed by atoms with van der Waals surface area (Å²) in [6.07, 6.45) is 1.26. The molecular weight excluding hydrogens is 302 g/mol. The largest absolute Gasteiger partial charge is 0.449 e. The smallest absolute Gasteiger partial charge is 0.339 e. The van der Waals surface area contributed by atoms with E-state index >= 15 is 0 Å². The lowest BCUT2D eigenvalue weighted by Crippen LogP contribution is -2.44. The summed E-state index contributed by atoms with van der Waals surface area (Å²) in [7, 11) is 0. The molecule has 24 heavy (non-hydrogen) atoms. The van der Waals surface area contributed by atoms with Crippen LogP contribution in [0.1, 0.15) is 37.0 Å². The van der Waals surface area contributed by atoms with Crippen LogP contribution in [0, 0.1) is 5.92 Å². The zero-order chi connectivity index (χ0) is 17.1. The molecule has 1 aliphatic heterocycles.